The Bertz CT molecular complexity index is 737. The number of hydrogen-bond acceptors (Lipinski definition) is 5. The van der Waals surface area contributed by atoms with Crippen LogP contribution < -0.4 is 9.64 Å². The number of nitrogens with zero attached hydrogens (tertiary/aromatic N) is 4. The predicted octanol–water partition coefficient (Wildman–Crippen LogP) is 1.83. The lowest BCUT2D eigenvalue weighted by atomic mass is 10.1. The van der Waals surface area contributed by atoms with Crippen LogP contribution in [0.4, 0.5) is 5.82 Å². The molecule has 0 radical (unpaired) electrons. The highest BCUT2D eigenvalue weighted by molar-refractivity contribution is 5.82. The Labute approximate surface area is 147 Å². The van der Waals surface area contributed by atoms with Crippen molar-refractivity contribution in [3.8, 4) is 5.75 Å². The summed E-state index contributed by atoms with van der Waals surface area (Å²) in [5.41, 5.74) is 2.03. The Hall–Kier alpha value is -2.63. The first-order chi connectivity index (χ1) is 12.2. The first kappa shape index (κ1) is 15.9. The summed E-state index contributed by atoms with van der Waals surface area (Å²) in [7, 11) is 0. The monoisotopic (exact) mass is 338 g/mol. The van der Waals surface area contributed by atoms with Gasteiger partial charge in [0.25, 0.3) is 5.91 Å². The van der Waals surface area contributed by atoms with E-state index in [1.807, 2.05) is 48.2 Å². The SMILES string of the molecule is Cc1ccc(N2CCCN(C(=O)C3Cc4ccccc4O3)CC2)nn1. The van der Waals surface area contributed by atoms with Gasteiger partial charge in [0, 0.05) is 32.6 Å². The molecule has 0 N–H and O–H groups in total. The largest absolute Gasteiger partial charge is 0.480 e. The van der Waals surface area contributed by atoms with Crippen LogP contribution in [0.5, 0.6) is 5.75 Å². The molecule has 4 rings (SSSR count). The number of aromatic nitrogens is 2. The lowest BCUT2D eigenvalue weighted by molar-refractivity contribution is -0.137. The van der Waals surface area contributed by atoms with Crippen molar-refractivity contribution in [2.45, 2.75) is 25.9 Å². The van der Waals surface area contributed by atoms with Crippen LogP contribution in [0.15, 0.2) is 36.4 Å². The number of aryl methyl sites for hydroxylation is 1. The maximum absolute atomic E-state index is 12.9. The van der Waals surface area contributed by atoms with Crippen LogP contribution >= 0.6 is 0 Å². The lowest BCUT2D eigenvalue weighted by Gasteiger charge is -2.24. The Kier molecular flexibility index (Phi) is 4.26. The molecular formula is C19H22N4O2. The first-order valence-electron chi connectivity index (χ1n) is 8.79. The summed E-state index contributed by atoms with van der Waals surface area (Å²) in [6, 6.07) is 11.9. The molecule has 1 fully saturated rings. The number of carbonyl (C=O) groups is 1. The third kappa shape index (κ3) is 3.29. The second-order valence-corrected chi connectivity index (χ2v) is 6.62. The van der Waals surface area contributed by atoms with Crippen LogP contribution in [0, 0.1) is 6.92 Å². The molecule has 130 valence electrons. The minimum atomic E-state index is -0.386. The number of rotatable bonds is 2. The number of anilines is 1. The Morgan fingerprint density at radius 1 is 1.08 bits per heavy atom. The molecule has 1 saturated heterocycles. The van der Waals surface area contributed by atoms with Gasteiger partial charge in [-0.05, 0) is 37.1 Å². The average molecular weight is 338 g/mol. The molecule has 2 aromatic rings. The molecule has 1 unspecified atom stereocenters. The van der Waals surface area contributed by atoms with Crippen LogP contribution in [0.2, 0.25) is 0 Å². The van der Waals surface area contributed by atoms with Gasteiger partial charge in [-0.3, -0.25) is 4.79 Å². The summed E-state index contributed by atoms with van der Waals surface area (Å²) in [5.74, 6) is 1.81. The molecular weight excluding hydrogens is 316 g/mol. The van der Waals surface area contributed by atoms with E-state index in [1.54, 1.807) is 0 Å². The van der Waals surface area contributed by atoms with Crippen LogP contribution in [0.25, 0.3) is 0 Å². The number of carbonyl (C=O) groups excluding carboxylic acids is 1. The third-order valence-electron chi connectivity index (χ3n) is 4.84. The molecule has 2 aliphatic heterocycles. The minimum Gasteiger partial charge on any atom is -0.480 e. The molecule has 1 aromatic carbocycles. The fourth-order valence-corrected chi connectivity index (χ4v) is 3.45. The van der Waals surface area contributed by atoms with Crippen molar-refractivity contribution in [2.75, 3.05) is 31.1 Å². The van der Waals surface area contributed by atoms with E-state index in [4.69, 9.17) is 4.74 Å². The average Bonchev–Trinajstić information content (AvgIpc) is 2.92. The van der Waals surface area contributed by atoms with Gasteiger partial charge < -0.3 is 14.5 Å². The van der Waals surface area contributed by atoms with Crippen LogP contribution in [0.3, 0.4) is 0 Å². The molecule has 0 aliphatic carbocycles. The maximum atomic E-state index is 12.9. The van der Waals surface area contributed by atoms with Gasteiger partial charge in [-0.2, -0.15) is 5.10 Å². The molecule has 0 saturated carbocycles. The van der Waals surface area contributed by atoms with Gasteiger partial charge in [0.15, 0.2) is 11.9 Å². The zero-order valence-corrected chi connectivity index (χ0v) is 14.4. The summed E-state index contributed by atoms with van der Waals surface area (Å²) < 4.78 is 5.86. The molecule has 2 aliphatic rings. The van der Waals surface area contributed by atoms with E-state index >= 15 is 0 Å². The number of benzene rings is 1. The molecule has 1 atom stereocenters. The Morgan fingerprint density at radius 2 is 1.96 bits per heavy atom. The van der Waals surface area contributed by atoms with Crippen LogP contribution in [0.1, 0.15) is 17.7 Å². The first-order valence-corrected chi connectivity index (χ1v) is 8.79. The van der Waals surface area contributed by atoms with Crippen LogP contribution in [-0.2, 0) is 11.2 Å². The zero-order valence-electron chi connectivity index (χ0n) is 14.4. The normalized spacial score (nSPS) is 20.0. The number of ether oxygens (including phenoxy) is 1. The van der Waals surface area contributed by atoms with Crippen molar-refractivity contribution in [1.82, 2.24) is 15.1 Å². The highest BCUT2D eigenvalue weighted by Crippen LogP contribution is 2.29. The number of amides is 1. The van der Waals surface area contributed by atoms with E-state index in [0.717, 1.165) is 48.9 Å². The maximum Gasteiger partial charge on any atom is 0.264 e. The predicted molar refractivity (Wildman–Crippen MR) is 94.7 cm³/mol. The van der Waals surface area contributed by atoms with Crippen molar-refractivity contribution < 1.29 is 9.53 Å². The molecule has 0 spiro atoms. The topological polar surface area (TPSA) is 58.6 Å². The summed E-state index contributed by atoms with van der Waals surface area (Å²) in [6.45, 7) is 5.02. The molecule has 1 amide bonds. The van der Waals surface area contributed by atoms with Crippen molar-refractivity contribution in [1.29, 1.82) is 0 Å². The van der Waals surface area contributed by atoms with Crippen molar-refractivity contribution in [3.05, 3.63) is 47.7 Å². The zero-order chi connectivity index (χ0) is 17.2. The van der Waals surface area contributed by atoms with Gasteiger partial charge in [-0.1, -0.05) is 18.2 Å². The minimum absolute atomic E-state index is 0.0908. The molecule has 0 bridgehead atoms. The van der Waals surface area contributed by atoms with Gasteiger partial charge in [-0.25, -0.2) is 0 Å². The fraction of sp³-hybridized carbons (Fsp3) is 0.421. The van der Waals surface area contributed by atoms with Gasteiger partial charge in [0.05, 0.1) is 5.69 Å². The summed E-state index contributed by atoms with van der Waals surface area (Å²) in [4.78, 5) is 17.0. The molecule has 3 heterocycles. The standard InChI is InChI=1S/C19H22N4O2/c1-14-7-8-18(21-20-14)22-9-4-10-23(12-11-22)19(24)17-13-15-5-2-3-6-16(15)25-17/h2-3,5-8,17H,4,9-13H2,1H3. The number of para-hydroxylation sites is 1. The van der Waals surface area contributed by atoms with Crippen molar-refractivity contribution >= 4 is 11.7 Å². The van der Waals surface area contributed by atoms with E-state index in [2.05, 4.69) is 15.1 Å². The lowest BCUT2D eigenvalue weighted by Crippen LogP contribution is -2.43. The van der Waals surface area contributed by atoms with Crippen molar-refractivity contribution in [2.24, 2.45) is 0 Å². The van der Waals surface area contributed by atoms with Gasteiger partial charge in [-0.15, -0.1) is 5.10 Å². The van der Waals surface area contributed by atoms with Gasteiger partial charge >= 0.3 is 0 Å². The highest BCUT2D eigenvalue weighted by Gasteiger charge is 2.33. The van der Waals surface area contributed by atoms with Gasteiger partial charge in [0.2, 0.25) is 0 Å². The number of fused-ring (bicyclic) bond motifs is 1. The van der Waals surface area contributed by atoms with E-state index in [1.165, 1.54) is 0 Å². The fourth-order valence-electron chi connectivity index (χ4n) is 3.45. The summed E-state index contributed by atoms with van der Waals surface area (Å²) >= 11 is 0. The summed E-state index contributed by atoms with van der Waals surface area (Å²) in [6.07, 6.45) is 1.20. The molecule has 6 heteroatoms. The Morgan fingerprint density at radius 3 is 2.76 bits per heavy atom. The van der Waals surface area contributed by atoms with E-state index < -0.39 is 0 Å². The van der Waals surface area contributed by atoms with E-state index in [0.29, 0.717) is 13.0 Å². The quantitative estimate of drug-likeness (QED) is 0.836. The smallest absolute Gasteiger partial charge is 0.264 e. The van der Waals surface area contributed by atoms with E-state index in [-0.39, 0.29) is 12.0 Å². The number of hydrogen-bond donors (Lipinski definition) is 0. The highest BCUT2D eigenvalue weighted by atomic mass is 16.5. The Balaban J connectivity index is 1.39. The van der Waals surface area contributed by atoms with Gasteiger partial charge in [0.1, 0.15) is 5.75 Å². The molecule has 6 nitrogen and oxygen atoms in total. The van der Waals surface area contributed by atoms with Crippen molar-refractivity contribution in [3.63, 3.8) is 0 Å². The third-order valence-corrected chi connectivity index (χ3v) is 4.84. The summed E-state index contributed by atoms with van der Waals surface area (Å²) in [5, 5.41) is 8.40. The molecule has 25 heavy (non-hydrogen) atoms. The van der Waals surface area contributed by atoms with E-state index in [9.17, 15) is 4.79 Å². The second kappa shape index (κ2) is 6.70. The second-order valence-electron chi connectivity index (χ2n) is 6.62. The molecule has 1 aromatic heterocycles. The van der Waals surface area contributed by atoms with Crippen LogP contribution in [-0.4, -0.2) is 53.3 Å².